The smallest absolute Gasteiger partial charge is 0.0852 e. The van der Waals surface area contributed by atoms with Crippen LogP contribution in [0.3, 0.4) is 0 Å². The van der Waals surface area contributed by atoms with E-state index in [9.17, 15) is 0 Å². The molecule has 2 N–H and O–H groups in total. The van der Waals surface area contributed by atoms with Gasteiger partial charge in [0, 0.05) is 6.54 Å². The van der Waals surface area contributed by atoms with Crippen LogP contribution in [-0.4, -0.2) is 15.0 Å². The predicted octanol–water partition coefficient (Wildman–Crippen LogP) is 1.38. The van der Waals surface area contributed by atoms with E-state index in [0.29, 0.717) is 11.6 Å². The molecule has 0 bridgehead atoms. The van der Waals surface area contributed by atoms with Crippen LogP contribution in [0.1, 0.15) is 5.56 Å². The Balaban J connectivity index is 2.51. The number of hydrogen-bond donors (Lipinski definition) is 1. The summed E-state index contributed by atoms with van der Waals surface area (Å²) in [4.78, 5) is 0. The van der Waals surface area contributed by atoms with E-state index in [-0.39, 0.29) is 0 Å². The molecule has 72 valence electrons. The minimum absolute atomic E-state index is 0.485. The van der Waals surface area contributed by atoms with E-state index < -0.39 is 0 Å². The largest absolute Gasteiger partial charge is 0.326 e. The van der Waals surface area contributed by atoms with E-state index in [2.05, 4.69) is 10.3 Å². The fourth-order valence-corrected chi connectivity index (χ4v) is 1.40. The topological polar surface area (TPSA) is 56.7 Å². The Bertz CT molecular complexity index is 424. The molecule has 2 rings (SSSR count). The van der Waals surface area contributed by atoms with Crippen molar-refractivity contribution < 1.29 is 0 Å². The molecule has 2 aromatic rings. The van der Waals surface area contributed by atoms with Crippen molar-refractivity contribution in [3.8, 4) is 5.69 Å². The first kappa shape index (κ1) is 9.18. The van der Waals surface area contributed by atoms with Crippen LogP contribution in [0.4, 0.5) is 0 Å². The molecule has 0 aliphatic carbocycles. The monoisotopic (exact) mass is 208 g/mol. The summed E-state index contributed by atoms with van der Waals surface area (Å²) in [5, 5.41) is 8.21. The molecule has 0 fully saturated rings. The average Bonchev–Trinajstić information content (AvgIpc) is 2.71. The van der Waals surface area contributed by atoms with Gasteiger partial charge < -0.3 is 5.73 Å². The second kappa shape index (κ2) is 3.77. The number of halogens is 1. The summed E-state index contributed by atoms with van der Waals surface area (Å²) in [5.74, 6) is 0. The van der Waals surface area contributed by atoms with Gasteiger partial charge in [-0.1, -0.05) is 22.9 Å². The van der Waals surface area contributed by atoms with Gasteiger partial charge in [0.1, 0.15) is 0 Å². The Morgan fingerprint density at radius 1 is 1.43 bits per heavy atom. The molecule has 0 amide bonds. The van der Waals surface area contributed by atoms with Crippen LogP contribution in [-0.2, 0) is 6.54 Å². The lowest BCUT2D eigenvalue weighted by atomic mass is 10.2. The molecule has 0 spiro atoms. The second-order valence-electron chi connectivity index (χ2n) is 2.84. The van der Waals surface area contributed by atoms with Crippen molar-refractivity contribution in [1.29, 1.82) is 0 Å². The zero-order valence-electron chi connectivity index (χ0n) is 7.39. The SMILES string of the molecule is NCc1ccc(Cl)c(-n2ccnn2)c1. The summed E-state index contributed by atoms with van der Waals surface area (Å²) in [6.45, 7) is 0.485. The first-order chi connectivity index (χ1) is 6.81. The third kappa shape index (κ3) is 1.62. The van der Waals surface area contributed by atoms with Gasteiger partial charge in [-0.05, 0) is 17.7 Å². The molecule has 4 nitrogen and oxygen atoms in total. The second-order valence-corrected chi connectivity index (χ2v) is 3.24. The number of rotatable bonds is 2. The Hall–Kier alpha value is -1.39. The molecule has 0 aliphatic rings. The highest BCUT2D eigenvalue weighted by atomic mass is 35.5. The Morgan fingerprint density at radius 3 is 2.93 bits per heavy atom. The van der Waals surface area contributed by atoms with Gasteiger partial charge in [0.15, 0.2) is 0 Å². The van der Waals surface area contributed by atoms with Crippen LogP contribution < -0.4 is 5.73 Å². The van der Waals surface area contributed by atoms with Crippen molar-refractivity contribution in [2.24, 2.45) is 5.73 Å². The molecule has 0 radical (unpaired) electrons. The van der Waals surface area contributed by atoms with Crippen molar-refractivity contribution in [3.05, 3.63) is 41.2 Å². The van der Waals surface area contributed by atoms with Gasteiger partial charge in [-0.2, -0.15) is 0 Å². The fraction of sp³-hybridized carbons (Fsp3) is 0.111. The Morgan fingerprint density at radius 2 is 2.29 bits per heavy atom. The highest BCUT2D eigenvalue weighted by molar-refractivity contribution is 6.32. The number of hydrogen-bond acceptors (Lipinski definition) is 3. The maximum atomic E-state index is 6.02. The van der Waals surface area contributed by atoms with Crippen molar-refractivity contribution in [1.82, 2.24) is 15.0 Å². The van der Waals surface area contributed by atoms with E-state index in [1.54, 1.807) is 23.1 Å². The molecule has 0 atom stereocenters. The van der Waals surface area contributed by atoms with Gasteiger partial charge >= 0.3 is 0 Å². The molecule has 1 aromatic carbocycles. The van der Waals surface area contributed by atoms with Gasteiger partial charge in [-0.15, -0.1) is 5.10 Å². The first-order valence-electron chi connectivity index (χ1n) is 4.16. The molecule has 0 saturated carbocycles. The normalized spacial score (nSPS) is 10.4. The Labute approximate surface area is 86.3 Å². The maximum Gasteiger partial charge on any atom is 0.0852 e. The van der Waals surface area contributed by atoms with E-state index in [1.807, 2.05) is 12.1 Å². The number of nitrogens with zero attached hydrogens (tertiary/aromatic N) is 3. The van der Waals surface area contributed by atoms with Crippen molar-refractivity contribution in [2.45, 2.75) is 6.54 Å². The number of aromatic nitrogens is 3. The zero-order valence-corrected chi connectivity index (χ0v) is 8.15. The highest BCUT2D eigenvalue weighted by Crippen LogP contribution is 2.20. The predicted molar refractivity (Wildman–Crippen MR) is 54.3 cm³/mol. The first-order valence-corrected chi connectivity index (χ1v) is 4.54. The number of nitrogens with two attached hydrogens (primary N) is 1. The standard InChI is InChI=1S/C9H9ClN4/c10-8-2-1-7(6-11)5-9(8)14-4-3-12-13-14/h1-5H,6,11H2. The van der Waals surface area contributed by atoms with Gasteiger partial charge in [-0.25, -0.2) is 4.68 Å². The van der Waals surface area contributed by atoms with Crippen LogP contribution in [0, 0.1) is 0 Å². The van der Waals surface area contributed by atoms with Crippen LogP contribution in [0.15, 0.2) is 30.6 Å². The summed E-state index contributed by atoms with van der Waals surface area (Å²) in [6.07, 6.45) is 3.34. The summed E-state index contributed by atoms with van der Waals surface area (Å²) < 4.78 is 1.61. The van der Waals surface area contributed by atoms with Gasteiger partial charge in [0.2, 0.25) is 0 Å². The highest BCUT2D eigenvalue weighted by Gasteiger charge is 2.03. The van der Waals surface area contributed by atoms with E-state index in [4.69, 9.17) is 17.3 Å². The molecule has 1 heterocycles. The summed E-state index contributed by atoms with van der Waals surface area (Å²) >= 11 is 6.02. The average molecular weight is 209 g/mol. The molecule has 0 aliphatic heterocycles. The van der Waals surface area contributed by atoms with Crippen molar-refractivity contribution in [3.63, 3.8) is 0 Å². The quantitative estimate of drug-likeness (QED) is 0.811. The molecular formula is C9H9ClN4. The lowest BCUT2D eigenvalue weighted by molar-refractivity contribution is 0.801. The summed E-state index contributed by atoms with van der Waals surface area (Å²) in [6, 6.07) is 5.60. The molecule has 0 unspecified atom stereocenters. The Kier molecular flexibility index (Phi) is 2.47. The molecule has 5 heteroatoms. The van der Waals surface area contributed by atoms with E-state index in [0.717, 1.165) is 11.3 Å². The lowest BCUT2D eigenvalue weighted by Gasteiger charge is -2.05. The number of benzene rings is 1. The van der Waals surface area contributed by atoms with Crippen molar-refractivity contribution in [2.75, 3.05) is 0 Å². The van der Waals surface area contributed by atoms with Crippen LogP contribution in [0.25, 0.3) is 5.69 Å². The zero-order chi connectivity index (χ0) is 9.97. The van der Waals surface area contributed by atoms with E-state index >= 15 is 0 Å². The van der Waals surface area contributed by atoms with Gasteiger partial charge in [-0.3, -0.25) is 0 Å². The minimum Gasteiger partial charge on any atom is -0.326 e. The van der Waals surface area contributed by atoms with E-state index in [1.165, 1.54) is 0 Å². The minimum atomic E-state index is 0.485. The maximum absolute atomic E-state index is 6.02. The van der Waals surface area contributed by atoms with Gasteiger partial charge in [0.05, 0.1) is 23.1 Å². The molecule has 0 saturated heterocycles. The van der Waals surface area contributed by atoms with Crippen LogP contribution in [0.5, 0.6) is 0 Å². The van der Waals surface area contributed by atoms with Crippen molar-refractivity contribution >= 4 is 11.6 Å². The van der Waals surface area contributed by atoms with Crippen LogP contribution in [0.2, 0.25) is 5.02 Å². The van der Waals surface area contributed by atoms with Gasteiger partial charge in [0.25, 0.3) is 0 Å². The molecule has 1 aromatic heterocycles. The van der Waals surface area contributed by atoms with Crippen LogP contribution >= 0.6 is 11.6 Å². The summed E-state index contributed by atoms with van der Waals surface area (Å²) in [7, 11) is 0. The summed E-state index contributed by atoms with van der Waals surface area (Å²) in [5.41, 5.74) is 7.35. The third-order valence-electron chi connectivity index (χ3n) is 1.92. The molecular weight excluding hydrogens is 200 g/mol. The lowest BCUT2D eigenvalue weighted by Crippen LogP contribution is -2.01. The fourth-order valence-electron chi connectivity index (χ4n) is 1.20. The third-order valence-corrected chi connectivity index (χ3v) is 2.24. The molecule has 14 heavy (non-hydrogen) atoms.